The molecule has 1 nitrogen and oxygen atoms in total. The molecule has 2 rings (SSSR count). The van der Waals surface area contributed by atoms with Gasteiger partial charge < -0.3 is 5.32 Å². The Labute approximate surface area is 97.3 Å². The number of hydrogen-bond acceptors (Lipinski definition) is 2. The van der Waals surface area contributed by atoms with Gasteiger partial charge in [0.15, 0.2) is 0 Å². The molecule has 3 heteroatoms. The number of thiophene rings is 1. The molecule has 0 saturated heterocycles. The van der Waals surface area contributed by atoms with Gasteiger partial charge in [0.05, 0.1) is 3.79 Å². The second kappa shape index (κ2) is 5.10. The van der Waals surface area contributed by atoms with Gasteiger partial charge in [0.1, 0.15) is 0 Å². The second-order valence-corrected chi connectivity index (χ2v) is 6.10. The Morgan fingerprint density at radius 2 is 2.43 bits per heavy atom. The van der Waals surface area contributed by atoms with Crippen LogP contribution < -0.4 is 5.32 Å². The largest absolute Gasteiger partial charge is 0.306 e. The van der Waals surface area contributed by atoms with Crippen LogP contribution in [0.4, 0.5) is 0 Å². The first-order valence-electron chi connectivity index (χ1n) is 4.99. The van der Waals surface area contributed by atoms with Crippen molar-refractivity contribution in [2.45, 2.75) is 31.8 Å². The summed E-state index contributed by atoms with van der Waals surface area (Å²) in [6, 6.07) is 4.87. The fraction of sp³-hybridized carbons (Fsp3) is 0.455. The zero-order valence-electron chi connectivity index (χ0n) is 8.00. The normalized spacial score (nSPS) is 21.4. The van der Waals surface area contributed by atoms with Crippen LogP contribution in [0.1, 0.15) is 24.1 Å². The van der Waals surface area contributed by atoms with Crippen molar-refractivity contribution in [1.82, 2.24) is 5.32 Å². The van der Waals surface area contributed by atoms with Crippen LogP contribution in [-0.2, 0) is 6.54 Å². The molecule has 0 aliphatic heterocycles. The molecule has 1 aromatic rings. The van der Waals surface area contributed by atoms with Gasteiger partial charge in [-0.2, -0.15) is 0 Å². The number of halogens is 1. The highest BCUT2D eigenvalue weighted by Gasteiger charge is 2.07. The maximum Gasteiger partial charge on any atom is 0.0701 e. The number of nitrogens with one attached hydrogen (secondary N) is 1. The molecular formula is C11H14BrNS. The summed E-state index contributed by atoms with van der Waals surface area (Å²) in [4.78, 5) is 1.40. The van der Waals surface area contributed by atoms with Gasteiger partial charge in [-0.25, -0.2) is 0 Å². The van der Waals surface area contributed by atoms with Crippen LogP contribution in [0, 0.1) is 0 Å². The summed E-state index contributed by atoms with van der Waals surface area (Å²) in [6.45, 7) is 0.991. The quantitative estimate of drug-likeness (QED) is 0.827. The third-order valence-electron chi connectivity index (χ3n) is 2.42. The highest BCUT2D eigenvalue weighted by Crippen LogP contribution is 2.22. The Bertz CT molecular complexity index is 319. The first-order valence-corrected chi connectivity index (χ1v) is 6.60. The molecule has 0 radical (unpaired) electrons. The van der Waals surface area contributed by atoms with Crippen LogP contribution in [0.3, 0.4) is 0 Å². The van der Waals surface area contributed by atoms with E-state index in [0.29, 0.717) is 6.04 Å². The van der Waals surface area contributed by atoms with Crippen LogP contribution in [0.15, 0.2) is 28.1 Å². The van der Waals surface area contributed by atoms with Crippen molar-refractivity contribution in [3.05, 3.63) is 32.9 Å². The van der Waals surface area contributed by atoms with Gasteiger partial charge in [-0.1, -0.05) is 12.2 Å². The van der Waals surface area contributed by atoms with Crippen molar-refractivity contribution in [3.8, 4) is 0 Å². The van der Waals surface area contributed by atoms with Gasteiger partial charge in [-0.05, 0) is 47.3 Å². The Morgan fingerprint density at radius 3 is 3.07 bits per heavy atom. The van der Waals surface area contributed by atoms with Crippen molar-refractivity contribution in [2.24, 2.45) is 0 Å². The third-order valence-corrected chi connectivity index (χ3v) is 4.05. The molecule has 0 bridgehead atoms. The van der Waals surface area contributed by atoms with Crippen molar-refractivity contribution in [2.75, 3.05) is 0 Å². The standard InChI is InChI=1S/C11H14BrNS/c12-11-7-6-10(14-11)8-13-9-4-2-1-3-5-9/h2,4,6-7,9,13H,1,3,5,8H2. The van der Waals surface area contributed by atoms with Crippen molar-refractivity contribution in [1.29, 1.82) is 0 Å². The first kappa shape index (κ1) is 10.4. The van der Waals surface area contributed by atoms with Gasteiger partial charge in [0.25, 0.3) is 0 Å². The van der Waals surface area contributed by atoms with Gasteiger partial charge in [0, 0.05) is 17.5 Å². The van der Waals surface area contributed by atoms with E-state index in [0.717, 1.165) is 6.54 Å². The van der Waals surface area contributed by atoms with Crippen LogP contribution in [0.25, 0.3) is 0 Å². The molecule has 14 heavy (non-hydrogen) atoms. The summed E-state index contributed by atoms with van der Waals surface area (Å²) in [5.41, 5.74) is 0. The van der Waals surface area contributed by atoms with E-state index in [9.17, 15) is 0 Å². The Morgan fingerprint density at radius 1 is 1.50 bits per heavy atom. The van der Waals surface area contributed by atoms with Crippen molar-refractivity contribution in [3.63, 3.8) is 0 Å². The minimum absolute atomic E-state index is 0.588. The lowest BCUT2D eigenvalue weighted by Crippen LogP contribution is -2.27. The maximum absolute atomic E-state index is 3.55. The fourth-order valence-electron chi connectivity index (χ4n) is 1.66. The van der Waals surface area contributed by atoms with Crippen molar-refractivity contribution < 1.29 is 0 Å². The van der Waals surface area contributed by atoms with E-state index in [4.69, 9.17) is 0 Å². The maximum atomic E-state index is 3.55. The lowest BCUT2D eigenvalue weighted by atomic mass is 10.0. The highest BCUT2D eigenvalue weighted by molar-refractivity contribution is 9.11. The minimum atomic E-state index is 0.588. The molecule has 0 aromatic carbocycles. The van der Waals surface area contributed by atoms with Crippen LogP contribution >= 0.6 is 27.3 Å². The topological polar surface area (TPSA) is 12.0 Å². The molecule has 76 valence electrons. The Hall–Kier alpha value is -0.120. The third kappa shape index (κ3) is 2.94. The fourth-order valence-corrected chi connectivity index (χ4v) is 3.09. The zero-order chi connectivity index (χ0) is 9.80. The molecule has 1 aliphatic carbocycles. The Balaban J connectivity index is 1.82. The predicted molar refractivity (Wildman–Crippen MR) is 65.6 cm³/mol. The van der Waals surface area contributed by atoms with Crippen LogP contribution in [0.2, 0.25) is 0 Å². The predicted octanol–water partition coefficient (Wildman–Crippen LogP) is 3.71. The molecule has 0 fully saturated rings. The Kier molecular flexibility index (Phi) is 3.79. The number of allylic oxidation sites excluding steroid dienone is 1. The van der Waals surface area contributed by atoms with E-state index >= 15 is 0 Å². The van der Waals surface area contributed by atoms with Crippen LogP contribution in [0.5, 0.6) is 0 Å². The summed E-state index contributed by atoms with van der Waals surface area (Å²) < 4.78 is 1.22. The smallest absolute Gasteiger partial charge is 0.0701 e. The van der Waals surface area contributed by atoms with Gasteiger partial charge in [-0.15, -0.1) is 11.3 Å². The number of hydrogen-bond donors (Lipinski definition) is 1. The average molecular weight is 272 g/mol. The number of rotatable bonds is 3. The lowest BCUT2D eigenvalue weighted by molar-refractivity contribution is 0.525. The van der Waals surface area contributed by atoms with E-state index in [1.807, 2.05) is 0 Å². The van der Waals surface area contributed by atoms with E-state index in [1.54, 1.807) is 11.3 Å². The molecule has 1 heterocycles. The van der Waals surface area contributed by atoms with E-state index in [2.05, 4.69) is 45.5 Å². The van der Waals surface area contributed by atoms with E-state index in [-0.39, 0.29) is 0 Å². The van der Waals surface area contributed by atoms with E-state index < -0.39 is 0 Å². The molecule has 0 spiro atoms. The molecule has 0 saturated carbocycles. The molecule has 1 aromatic heterocycles. The molecule has 1 aliphatic rings. The van der Waals surface area contributed by atoms with Gasteiger partial charge >= 0.3 is 0 Å². The van der Waals surface area contributed by atoms with Gasteiger partial charge in [-0.3, -0.25) is 0 Å². The summed E-state index contributed by atoms with van der Waals surface area (Å²) in [5, 5.41) is 3.55. The average Bonchev–Trinajstić information content (AvgIpc) is 2.63. The minimum Gasteiger partial charge on any atom is -0.306 e. The molecule has 0 amide bonds. The molecule has 1 unspecified atom stereocenters. The van der Waals surface area contributed by atoms with Crippen LogP contribution in [-0.4, -0.2) is 6.04 Å². The first-order chi connectivity index (χ1) is 6.84. The monoisotopic (exact) mass is 271 g/mol. The van der Waals surface area contributed by atoms with Gasteiger partial charge in [0.2, 0.25) is 0 Å². The zero-order valence-corrected chi connectivity index (χ0v) is 10.4. The SMILES string of the molecule is Brc1ccc(CNC2C=CCCC2)s1. The lowest BCUT2D eigenvalue weighted by Gasteiger charge is -2.17. The highest BCUT2D eigenvalue weighted by atomic mass is 79.9. The summed E-state index contributed by atoms with van der Waals surface area (Å²) in [5.74, 6) is 0. The van der Waals surface area contributed by atoms with Crippen molar-refractivity contribution >= 4 is 27.3 Å². The summed E-state index contributed by atoms with van der Waals surface area (Å²) in [6.07, 6.45) is 8.44. The summed E-state index contributed by atoms with van der Waals surface area (Å²) in [7, 11) is 0. The second-order valence-electron chi connectivity index (χ2n) is 3.55. The molecule has 1 atom stereocenters. The van der Waals surface area contributed by atoms with E-state index in [1.165, 1.54) is 27.9 Å². The molecule has 1 N–H and O–H groups in total. The summed E-state index contributed by atoms with van der Waals surface area (Å²) >= 11 is 5.28. The molecular weight excluding hydrogens is 258 g/mol.